The summed E-state index contributed by atoms with van der Waals surface area (Å²) < 4.78 is 2.00. The fraction of sp³-hybridized carbons (Fsp3) is 0.600. The van der Waals surface area contributed by atoms with Crippen LogP contribution in [0, 0.1) is 23.7 Å². The molecule has 1 aromatic heterocycles. The summed E-state index contributed by atoms with van der Waals surface area (Å²) in [5, 5.41) is 6.51. The Labute approximate surface area is 188 Å². The Kier molecular flexibility index (Phi) is 7.31. The molecule has 0 aromatic carbocycles. The minimum absolute atomic E-state index is 0. The molecule has 2 aliphatic carbocycles. The number of imide groups is 1. The number of imidazole rings is 1. The van der Waals surface area contributed by atoms with Gasteiger partial charge in [-0.2, -0.15) is 0 Å². The maximum atomic E-state index is 12.7. The van der Waals surface area contributed by atoms with E-state index in [1.807, 2.05) is 17.7 Å². The highest BCUT2D eigenvalue weighted by molar-refractivity contribution is 14.0. The number of halogens is 1. The molecule has 4 rings (SSSR count). The van der Waals surface area contributed by atoms with Crippen molar-refractivity contribution in [3.8, 4) is 0 Å². The summed E-state index contributed by atoms with van der Waals surface area (Å²) in [6.45, 7) is 5.37. The molecule has 0 radical (unpaired) electrons. The number of rotatable bonds is 8. The average Bonchev–Trinajstić information content (AvgIpc) is 3.46. The lowest BCUT2D eigenvalue weighted by atomic mass is 9.85. The molecule has 1 aliphatic heterocycles. The lowest BCUT2D eigenvalue weighted by Gasteiger charge is -2.17. The van der Waals surface area contributed by atoms with Crippen molar-refractivity contribution < 1.29 is 9.59 Å². The fourth-order valence-electron chi connectivity index (χ4n) is 4.67. The van der Waals surface area contributed by atoms with E-state index in [0.717, 1.165) is 32.0 Å². The normalized spacial score (nSPS) is 27.3. The minimum Gasteiger partial charge on any atom is -0.357 e. The molecule has 3 aliphatic rings. The number of carbonyl (C=O) groups excluding carboxylic acids is 2. The zero-order valence-electron chi connectivity index (χ0n) is 16.7. The molecule has 2 fully saturated rings. The molecule has 8 nitrogen and oxygen atoms in total. The Morgan fingerprint density at radius 2 is 1.90 bits per heavy atom. The van der Waals surface area contributed by atoms with E-state index < -0.39 is 0 Å². The Morgan fingerprint density at radius 3 is 2.52 bits per heavy atom. The molecule has 0 spiro atoms. The van der Waals surface area contributed by atoms with E-state index in [0.29, 0.717) is 19.5 Å². The van der Waals surface area contributed by atoms with E-state index in [2.05, 4.69) is 32.8 Å². The van der Waals surface area contributed by atoms with Crippen LogP contribution < -0.4 is 10.6 Å². The second kappa shape index (κ2) is 9.73. The monoisotopic (exact) mass is 512 g/mol. The molecule has 1 saturated heterocycles. The number of hydrogen-bond acceptors (Lipinski definition) is 4. The van der Waals surface area contributed by atoms with Gasteiger partial charge in [0.05, 0.1) is 18.2 Å². The van der Waals surface area contributed by atoms with Crippen molar-refractivity contribution in [3.63, 3.8) is 0 Å². The number of amides is 2. The first kappa shape index (κ1) is 21.8. The molecule has 2 heterocycles. The number of aliphatic imine (C=N–C) groups is 1. The summed E-state index contributed by atoms with van der Waals surface area (Å²) >= 11 is 0. The van der Waals surface area contributed by atoms with Crippen LogP contribution in [0.2, 0.25) is 0 Å². The molecule has 2 N–H and O–H groups in total. The number of hydrogen-bond donors (Lipinski definition) is 2. The van der Waals surface area contributed by atoms with Crippen LogP contribution >= 0.6 is 24.0 Å². The third-order valence-corrected chi connectivity index (χ3v) is 5.94. The van der Waals surface area contributed by atoms with Crippen molar-refractivity contribution in [2.45, 2.75) is 26.3 Å². The van der Waals surface area contributed by atoms with Crippen LogP contribution in [0.1, 0.15) is 19.8 Å². The fourth-order valence-corrected chi connectivity index (χ4v) is 4.67. The van der Waals surface area contributed by atoms with Crippen molar-refractivity contribution in [3.05, 3.63) is 30.9 Å². The zero-order valence-corrected chi connectivity index (χ0v) is 19.0. The van der Waals surface area contributed by atoms with Crippen LogP contribution in [-0.2, 0) is 16.1 Å². The SMILES string of the molecule is CCNC(=NCCCN1C(=O)C2C3C=CC(C3)C2C1=O)NCCn1ccnc1.I. The molecule has 9 heteroatoms. The molecule has 2 amide bonds. The quantitative estimate of drug-likeness (QED) is 0.137. The van der Waals surface area contributed by atoms with Gasteiger partial charge in [-0.05, 0) is 31.6 Å². The number of guanidine groups is 1. The van der Waals surface area contributed by atoms with Gasteiger partial charge in [-0.3, -0.25) is 19.5 Å². The van der Waals surface area contributed by atoms with E-state index in [-0.39, 0.29) is 59.5 Å². The summed E-state index contributed by atoms with van der Waals surface area (Å²) in [7, 11) is 0. The number of fused-ring (bicyclic) bond motifs is 5. The topological polar surface area (TPSA) is 91.6 Å². The number of aromatic nitrogens is 2. The van der Waals surface area contributed by atoms with Crippen molar-refractivity contribution in [2.75, 3.05) is 26.2 Å². The summed E-state index contributed by atoms with van der Waals surface area (Å²) in [6.07, 6.45) is 11.4. The smallest absolute Gasteiger partial charge is 0.233 e. The van der Waals surface area contributed by atoms with Gasteiger partial charge in [-0.15, -0.1) is 24.0 Å². The first-order chi connectivity index (χ1) is 13.7. The van der Waals surface area contributed by atoms with Crippen molar-refractivity contribution >= 4 is 41.8 Å². The van der Waals surface area contributed by atoms with Gasteiger partial charge in [-0.25, -0.2) is 4.98 Å². The Bertz CT molecular complexity index is 748. The van der Waals surface area contributed by atoms with Crippen molar-refractivity contribution in [1.29, 1.82) is 0 Å². The minimum atomic E-state index is -0.104. The van der Waals surface area contributed by atoms with Crippen LogP contribution in [0.25, 0.3) is 0 Å². The molecular formula is C20H29IN6O2. The van der Waals surface area contributed by atoms with Crippen molar-refractivity contribution in [1.82, 2.24) is 25.1 Å². The second-order valence-electron chi connectivity index (χ2n) is 7.67. The predicted octanol–water partition coefficient (Wildman–Crippen LogP) is 1.25. The van der Waals surface area contributed by atoms with E-state index in [9.17, 15) is 9.59 Å². The van der Waals surface area contributed by atoms with Crippen LogP contribution in [0.5, 0.6) is 0 Å². The summed E-state index contributed by atoms with van der Waals surface area (Å²) in [5.74, 6) is 1.15. The molecule has 1 saturated carbocycles. The standard InChI is InChI=1S/C20H28N6O2.HI/c1-2-22-20(24-8-11-25-10-7-21-13-25)23-6-3-9-26-18(27)16-14-4-5-15(12-14)17(16)19(26)28;/h4-5,7,10,13-17H,2-3,6,8-9,11-12H2,1H3,(H2,22,23,24);1H. The first-order valence-corrected chi connectivity index (χ1v) is 10.2. The van der Waals surface area contributed by atoms with Crippen LogP contribution in [0.15, 0.2) is 35.9 Å². The van der Waals surface area contributed by atoms with Gasteiger partial charge >= 0.3 is 0 Å². The summed E-state index contributed by atoms with van der Waals surface area (Å²) in [6, 6.07) is 0. The molecule has 158 valence electrons. The number of carbonyl (C=O) groups is 2. The Morgan fingerprint density at radius 1 is 1.17 bits per heavy atom. The maximum Gasteiger partial charge on any atom is 0.233 e. The van der Waals surface area contributed by atoms with E-state index in [1.54, 1.807) is 12.5 Å². The lowest BCUT2D eigenvalue weighted by Crippen LogP contribution is -2.39. The molecule has 4 atom stereocenters. The summed E-state index contributed by atoms with van der Waals surface area (Å²) in [5.41, 5.74) is 0. The predicted molar refractivity (Wildman–Crippen MR) is 121 cm³/mol. The van der Waals surface area contributed by atoms with Crippen LogP contribution in [0.4, 0.5) is 0 Å². The third kappa shape index (κ3) is 4.49. The lowest BCUT2D eigenvalue weighted by molar-refractivity contribution is -0.140. The number of likely N-dealkylation sites (tertiary alicyclic amines) is 1. The van der Waals surface area contributed by atoms with E-state index in [1.165, 1.54) is 4.90 Å². The van der Waals surface area contributed by atoms with Gasteiger partial charge in [0.1, 0.15) is 0 Å². The highest BCUT2D eigenvalue weighted by atomic mass is 127. The number of nitrogens with zero attached hydrogens (tertiary/aromatic N) is 4. The Balaban J connectivity index is 0.00000240. The van der Waals surface area contributed by atoms with E-state index in [4.69, 9.17) is 0 Å². The highest BCUT2D eigenvalue weighted by Crippen LogP contribution is 2.52. The third-order valence-electron chi connectivity index (χ3n) is 5.94. The molecular weight excluding hydrogens is 483 g/mol. The van der Waals surface area contributed by atoms with Gasteiger partial charge in [0.2, 0.25) is 11.8 Å². The largest absolute Gasteiger partial charge is 0.357 e. The van der Waals surface area contributed by atoms with Gasteiger partial charge in [-0.1, -0.05) is 12.2 Å². The maximum absolute atomic E-state index is 12.7. The highest BCUT2D eigenvalue weighted by Gasteiger charge is 2.58. The second-order valence-corrected chi connectivity index (χ2v) is 7.67. The number of allylic oxidation sites excluding steroid dienone is 2. The summed E-state index contributed by atoms with van der Waals surface area (Å²) in [4.78, 5) is 35.4. The van der Waals surface area contributed by atoms with Gasteiger partial charge in [0, 0.05) is 45.1 Å². The van der Waals surface area contributed by atoms with Gasteiger partial charge in [0.15, 0.2) is 5.96 Å². The molecule has 1 aromatic rings. The van der Waals surface area contributed by atoms with Gasteiger partial charge < -0.3 is 15.2 Å². The number of nitrogens with one attached hydrogen (secondary N) is 2. The van der Waals surface area contributed by atoms with Crippen molar-refractivity contribution in [2.24, 2.45) is 28.7 Å². The Hall–Kier alpha value is -1.91. The first-order valence-electron chi connectivity index (χ1n) is 10.2. The molecule has 29 heavy (non-hydrogen) atoms. The molecule has 4 unspecified atom stereocenters. The van der Waals surface area contributed by atoms with Crippen LogP contribution in [0.3, 0.4) is 0 Å². The van der Waals surface area contributed by atoms with Gasteiger partial charge in [0.25, 0.3) is 0 Å². The van der Waals surface area contributed by atoms with Crippen LogP contribution in [-0.4, -0.2) is 58.4 Å². The molecule has 2 bridgehead atoms. The average molecular weight is 512 g/mol. The zero-order chi connectivity index (χ0) is 19.5. The van der Waals surface area contributed by atoms with E-state index >= 15 is 0 Å².